The van der Waals surface area contributed by atoms with Crippen LogP contribution in [0.15, 0.2) is 42.5 Å². The number of hydrogen-bond acceptors (Lipinski definition) is 6. The minimum Gasteiger partial charge on any atom is -0.508 e. The third-order valence-corrected chi connectivity index (χ3v) is 6.48. The van der Waals surface area contributed by atoms with Crippen molar-refractivity contribution in [2.75, 3.05) is 56.0 Å². The van der Waals surface area contributed by atoms with Crippen LogP contribution in [-0.4, -0.2) is 78.3 Å². The summed E-state index contributed by atoms with van der Waals surface area (Å²) >= 11 is 0. The predicted molar refractivity (Wildman–Crippen MR) is 126 cm³/mol. The average Bonchev–Trinajstić information content (AvgIpc) is 3.29. The molecule has 0 aromatic heterocycles. The molecular weight excluding hydrogens is 439 g/mol. The third-order valence-electron chi connectivity index (χ3n) is 6.48. The summed E-state index contributed by atoms with van der Waals surface area (Å²) in [5, 5.41) is 11.9. The molecule has 8 nitrogen and oxygen atoms in total. The second-order valence-corrected chi connectivity index (χ2v) is 8.85. The molecule has 1 atom stereocenters. The van der Waals surface area contributed by atoms with E-state index in [1.807, 2.05) is 34.1 Å². The summed E-state index contributed by atoms with van der Waals surface area (Å²) in [7, 11) is 0. The van der Waals surface area contributed by atoms with Gasteiger partial charge in [0.2, 0.25) is 11.8 Å². The Balaban J connectivity index is 1.23. The van der Waals surface area contributed by atoms with Crippen molar-refractivity contribution in [1.29, 1.82) is 0 Å². The van der Waals surface area contributed by atoms with E-state index in [1.165, 1.54) is 12.1 Å². The Morgan fingerprint density at radius 3 is 2.38 bits per heavy atom. The van der Waals surface area contributed by atoms with Gasteiger partial charge in [0.1, 0.15) is 11.6 Å². The van der Waals surface area contributed by atoms with Crippen molar-refractivity contribution in [2.24, 2.45) is 5.92 Å². The van der Waals surface area contributed by atoms with Crippen molar-refractivity contribution in [3.05, 3.63) is 53.8 Å². The SMILES string of the molecule is CC(=O)c1ccc(N2CCN(C(=O)CN3CC[C@@H](C(=O)Nc4ccc(O)cc4F)C3)CC2)cc1. The average molecular weight is 469 g/mol. The fraction of sp³-hybridized carbons (Fsp3) is 0.400. The van der Waals surface area contributed by atoms with Gasteiger partial charge in [0.25, 0.3) is 0 Å². The molecule has 2 fully saturated rings. The van der Waals surface area contributed by atoms with Gasteiger partial charge in [-0.05, 0) is 56.3 Å². The van der Waals surface area contributed by atoms with Crippen molar-refractivity contribution < 1.29 is 23.9 Å². The maximum Gasteiger partial charge on any atom is 0.236 e. The summed E-state index contributed by atoms with van der Waals surface area (Å²) < 4.78 is 13.9. The zero-order valence-corrected chi connectivity index (χ0v) is 19.2. The van der Waals surface area contributed by atoms with Crippen molar-refractivity contribution >= 4 is 29.0 Å². The maximum atomic E-state index is 13.9. The van der Waals surface area contributed by atoms with Gasteiger partial charge in [0, 0.05) is 50.0 Å². The van der Waals surface area contributed by atoms with E-state index < -0.39 is 5.82 Å². The first-order valence-corrected chi connectivity index (χ1v) is 11.5. The van der Waals surface area contributed by atoms with E-state index in [1.54, 1.807) is 6.92 Å². The van der Waals surface area contributed by atoms with Crippen LogP contribution in [0.2, 0.25) is 0 Å². The normalized spacial score (nSPS) is 18.7. The fourth-order valence-electron chi connectivity index (χ4n) is 4.44. The number of nitrogens with one attached hydrogen (secondary N) is 1. The summed E-state index contributed by atoms with van der Waals surface area (Å²) in [6, 6.07) is 11.1. The highest BCUT2D eigenvalue weighted by molar-refractivity contribution is 5.94. The summed E-state index contributed by atoms with van der Waals surface area (Å²) in [5.74, 6) is -1.42. The van der Waals surface area contributed by atoms with Crippen LogP contribution in [0.4, 0.5) is 15.8 Å². The Bertz CT molecular complexity index is 1070. The molecule has 2 aromatic rings. The molecule has 34 heavy (non-hydrogen) atoms. The molecule has 0 unspecified atom stereocenters. The van der Waals surface area contributed by atoms with Gasteiger partial charge >= 0.3 is 0 Å². The number of piperazine rings is 1. The van der Waals surface area contributed by atoms with Crippen LogP contribution < -0.4 is 10.2 Å². The number of phenols is 1. The van der Waals surface area contributed by atoms with E-state index in [2.05, 4.69) is 10.2 Å². The van der Waals surface area contributed by atoms with Crippen molar-refractivity contribution in [3.63, 3.8) is 0 Å². The Kier molecular flexibility index (Phi) is 7.12. The number of aromatic hydroxyl groups is 1. The Labute approximate surface area is 197 Å². The van der Waals surface area contributed by atoms with Crippen LogP contribution in [0, 0.1) is 11.7 Å². The maximum absolute atomic E-state index is 13.9. The second-order valence-electron chi connectivity index (χ2n) is 8.85. The largest absolute Gasteiger partial charge is 0.508 e. The smallest absolute Gasteiger partial charge is 0.236 e. The standard InChI is InChI=1S/C25H29FN4O4/c1-17(31)18-2-4-20(5-3-18)29-10-12-30(13-11-29)24(33)16-28-9-8-19(15-28)25(34)27-23-7-6-21(32)14-22(23)26/h2-7,14,19,32H,8-13,15-16H2,1H3,(H,27,34)/t19-/m1/s1. The number of Topliss-reactive ketones (excluding diaryl/α,β-unsaturated/α-hetero) is 1. The first-order valence-electron chi connectivity index (χ1n) is 11.5. The molecule has 2 N–H and O–H groups in total. The Morgan fingerprint density at radius 2 is 1.74 bits per heavy atom. The fourth-order valence-corrected chi connectivity index (χ4v) is 4.44. The minimum absolute atomic E-state index is 0.0335. The number of carbonyl (C=O) groups is 3. The van der Waals surface area contributed by atoms with Crippen LogP contribution in [-0.2, 0) is 9.59 Å². The number of hydrogen-bond donors (Lipinski definition) is 2. The minimum atomic E-state index is -0.688. The van der Waals surface area contributed by atoms with Crippen molar-refractivity contribution in [3.8, 4) is 5.75 Å². The molecule has 2 aliphatic heterocycles. The van der Waals surface area contributed by atoms with Gasteiger partial charge in [-0.1, -0.05) is 0 Å². The van der Waals surface area contributed by atoms with Crippen LogP contribution in [0.5, 0.6) is 5.75 Å². The zero-order chi connectivity index (χ0) is 24.2. The molecule has 9 heteroatoms. The number of anilines is 2. The van der Waals surface area contributed by atoms with Gasteiger partial charge in [-0.2, -0.15) is 0 Å². The van der Waals surface area contributed by atoms with Gasteiger partial charge in [-0.25, -0.2) is 4.39 Å². The molecule has 2 amide bonds. The Morgan fingerprint density at radius 1 is 1.03 bits per heavy atom. The lowest BCUT2D eigenvalue weighted by Crippen LogP contribution is -2.51. The number of ketones is 1. The number of benzene rings is 2. The molecule has 0 spiro atoms. The number of carbonyl (C=O) groups excluding carboxylic acids is 3. The van der Waals surface area contributed by atoms with E-state index in [0.29, 0.717) is 51.3 Å². The number of nitrogens with zero attached hydrogens (tertiary/aromatic N) is 3. The van der Waals surface area contributed by atoms with Gasteiger partial charge < -0.3 is 20.2 Å². The van der Waals surface area contributed by atoms with E-state index in [0.717, 1.165) is 11.8 Å². The Hall–Kier alpha value is -3.46. The number of halogens is 1. The molecule has 2 aromatic carbocycles. The lowest BCUT2D eigenvalue weighted by molar-refractivity contribution is -0.132. The second kappa shape index (κ2) is 10.2. The first-order chi connectivity index (χ1) is 16.3. The van der Waals surface area contributed by atoms with Crippen molar-refractivity contribution in [1.82, 2.24) is 9.80 Å². The van der Waals surface area contributed by atoms with Crippen LogP contribution >= 0.6 is 0 Å². The lowest BCUT2D eigenvalue weighted by Gasteiger charge is -2.36. The highest BCUT2D eigenvalue weighted by atomic mass is 19.1. The molecule has 0 saturated carbocycles. The highest BCUT2D eigenvalue weighted by Gasteiger charge is 2.31. The van der Waals surface area contributed by atoms with Crippen LogP contribution in [0.3, 0.4) is 0 Å². The predicted octanol–water partition coefficient (Wildman–Crippen LogP) is 2.34. The monoisotopic (exact) mass is 468 g/mol. The molecule has 2 saturated heterocycles. The molecule has 4 rings (SSSR count). The summed E-state index contributed by atoms with van der Waals surface area (Å²) in [6.45, 7) is 5.54. The highest BCUT2D eigenvalue weighted by Crippen LogP contribution is 2.23. The van der Waals surface area contributed by atoms with E-state index in [4.69, 9.17) is 0 Å². The van der Waals surface area contributed by atoms with Gasteiger partial charge in [0.15, 0.2) is 5.78 Å². The van der Waals surface area contributed by atoms with E-state index in [-0.39, 0.29) is 41.5 Å². The van der Waals surface area contributed by atoms with Crippen LogP contribution in [0.25, 0.3) is 0 Å². The number of amides is 2. The van der Waals surface area contributed by atoms with Gasteiger partial charge in [-0.15, -0.1) is 0 Å². The van der Waals surface area contributed by atoms with Gasteiger partial charge in [0.05, 0.1) is 18.2 Å². The summed E-state index contributed by atoms with van der Waals surface area (Å²) in [4.78, 5) is 42.8. The molecule has 0 bridgehead atoms. The summed E-state index contributed by atoms with van der Waals surface area (Å²) in [6.07, 6.45) is 0.600. The first kappa shape index (κ1) is 23.7. The lowest BCUT2D eigenvalue weighted by atomic mass is 10.1. The third kappa shape index (κ3) is 5.53. The van der Waals surface area contributed by atoms with Crippen LogP contribution in [0.1, 0.15) is 23.7 Å². The summed E-state index contributed by atoms with van der Waals surface area (Å²) in [5.41, 5.74) is 1.75. The van der Waals surface area contributed by atoms with E-state index >= 15 is 0 Å². The topological polar surface area (TPSA) is 93.2 Å². The molecule has 2 aliphatic rings. The number of rotatable bonds is 6. The molecule has 2 heterocycles. The van der Waals surface area contributed by atoms with Crippen molar-refractivity contribution in [2.45, 2.75) is 13.3 Å². The van der Waals surface area contributed by atoms with Gasteiger partial charge in [-0.3, -0.25) is 19.3 Å². The quantitative estimate of drug-likeness (QED) is 0.500. The number of phenolic OH excluding ortho intramolecular Hbond substituents is 1. The molecule has 0 aliphatic carbocycles. The molecule has 0 radical (unpaired) electrons. The zero-order valence-electron chi connectivity index (χ0n) is 19.2. The van der Waals surface area contributed by atoms with E-state index in [9.17, 15) is 23.9 Å². The molecular formula is C25H29FN4O4. The number of likely N-dealkylation sites (tertiary alicyclic amines) is 1. The molecule has 180 valence electrons.